The van der Waals surface area contributed by atoms with Crippen LogP contribution in [0.15, 0.2) is 30.9 Å². The van der Waals surface area contributed by atoms with Gasteiger partial charge < -0.3 is 4.74 Å². The smallest absolute Gasteiger partial charge is 0.338 e. The van der Waals surface area contributed by atoms with Crippen molar-refractivity contribution in [2.24, 2.45) is 0 Å². The van der Waals surface area contributed by atoms with Crippen LogP contribution in [0.3, 0.4) is 0 Å². The van der Waals surface area contributed by atoms with Crippen molar-refractivity contribution in [3.63, 3.8) is 0 Å². The third-order valence-electron chi connectivity index (χ3n) is 2.35. The standard InChI is InChI=1S/C12H12N2O6/c1-2-3-4-5-20-12(15)9-6-10(13(16)17)8-11(7-9)14(18)19/h2,6-8H,1,3-5H2. The maximum Gasteiger partial charge on any atom is 0.338 e. The van der Waals surface area contributed by atoms with Crippen LogP contribution in [-0.2, 0) is 4.74 Å². The van der Waals surface area contributed by atoms with Crippen LogP contribution >= 0.6 is 0 Å². The van der Waals surface area contributed by atoms with Gasteiger partial charge in [-0.1, -0.05) is 6.08 Å². The molecule has 0 amide bonds. The van der Waals surface area contributed by atoms with Crippen LogP contribution in [0, 0.1) is 20.2 Å². The molecule has 0 spiro atoms. The second-order valence-corrected chi connectivity index (χ2v) is 3.82. The van der Waals surface area contributed by atoms with E-state index in [9.17, 15) is 25.0 Å². The summed E-state index contributed by atoms with van der Waals surface area (Å²) in [6, 6.07) is 2.68. The molecule has 0 saturated carbocycles. The number of rotatable bonds is 7. The molecule has 0 aromatic heterocycles. The first-order valence-electron chi connectivity index (χ1n) is 5.67. The lowest BCUT2D eigenvalue weighted by atomic mass is 10.2. The third-order valence-corrected chi connectivity index (χ3v) is 2.35. The van der Waals surface area contributed by atoms with Crippen molar-refractivity contribution < 1.29 is 19.4 Å². The number of non-ortho nitro benzene ring substituents is 2. The predicted octanol–water partition coefficient (Wildman–Crippen LogP) is 2.63. The molecular weight excluding hydrogens is 268 g/mol. The minimum atomic E-state index is -0.833. The SMILES string of the molecule is C=CCCCOC(=O)c1cc([N+](=O)[O-])cc([N+](=O)[O-])c1. The van der Waals surface area contributed by atoms with E-state index in [1.54, 1.807) is 6.08 Å². The molecule has 0 bridgehead atoms. The van der Waals surface area contributed by atoms with Gasteiger partial charge in [0.1, 0.15) is 0 Å². The highest BCUT2D eigenvalue weighted by molar-refractivity contribution is 5.91. The number of nitro benzene ring substituents is 2. The van der Waals surface area contributed by atoms with Crippen molar-refractivity contribution >= 4 is 17.3 Å². The Morgan fingerprint density at radius 1 is 1.20 bits per heavy atom. The summed E-state index contributed by atoms with van der Waals surface area (Å²) >= 11 is 0. The Morgan fingerprint density at radius 3 is 2.20 bits per heavy atom. The number of benzene rings is 1. The van der Waals surface area contributed by atoms with Gasteiger partial charge in [0.05, 0.1) is 28.1 Å². The van der Waals surface area contributed by atoms with Crippen molar-refractivity contribution in [3.8, 4) is 0 Å². The number of nitro groups is 2. The normalized spacial score (nSPS) is 9.80. The van der Waals surface area contributed by atoms with E-state index >= 15 is 0 Å². The lowest BCUT2D eigenvalue weighted by molar-refractivity contribution is -0.394. The van der Waals surface area contributed by atoms with Crippen molar-refractivity contribution in [2.75, 3.05) is 6.61 Å². The summed E-state index contributed by atoms with van der Waals surface area (Å²) in [4.78, 5) is 31.4. The molecule has 0 aliphatic heterocycles. The van der Waals surface area contributed by atoms with E-state index in [2.05, 4.69) is 6.58 Å². The molecule has 1 aromatic carbocycles. The molecule has 0 aliphatic rings. The van der Waals surface area contributed by atoms with E-state index in [0.717, 1.165) is 18.2 Å². The van der Waals surface area contributed by atoms with Crippen LogP contribution in [0.4, 0.5) is 11.4 Å². The summed E-state index contributed by atoms with van der Waals surface area (Å²) in [5.41, 5.74) is -1.28. The van der Waals surface area contributed by atoms with E-state index in [1.807, 2.05) is 0 Å². The summed E-state index contributed by atoms with van der Waals surface area (Å²) in [6.07, 6.45) is 2.88. The monoisotopic (exact) mass is 280 g/mol. The largest absolute Gasteiger partial charge is 0.462 e. The molecule has 0 atom stereocenters. The quantitative estimate of drug-likeness (QED) is 0.249. The van der Waals surface area contributed by atoms with Crippen LogP contribution < -0.4 is 0 Å². The van der Waals surface area contributed by atoms with Crippen molar-refractivity contribution in [2.45, 2.75) is 12.8 Å². The van der Waals surface area contributed by atoms with Crippen LogP contribution in [0.5, 0.6) is 0 Å². The van der Waals surface area contributed by atoms with Gasteiger partial charge in [0.15, 0.2) is 0 Å². The molecule has 0 fully saturated rings. The number of unbranched alkanes of at least 4 members (excludes halogenated alkanes) is 1. The number of hydrogen-bond donors (Lipinski definition) is 0. The van der Waals surface area contributed by atoms with Gasteiger partial charge in [-0.3, -0.25) is 20.2 Å². The summed E-state index contributed by atoms with van der Waals surface area (Å²) in [6.45, 7) is 3.62. The Kier molecular flexibility index (Phi) is 5.33. The fourth-order valence-corrected chi connectivity index (χ4v) is 1.40. The first kappa shape index (κ1) is 15.3. The van der Waals surface area contributed by atoms with Gasteiger partial charge in [-0.25, -0.2) is 4.79 Å². The molecular formula is C12H12N2O6. The van der Waals surface area contributed by atoms with E-state index in [0.29, 0.717) is 12.8 Å². The van der Waals surface area contributed by atoms with Gasteiger partial charge >= 0.3 is 5.97 Å². The number of hydrogen-bond acceptors (Lipinski definition) is 6. The first-order valence-corrected chi connectivity index (χ1v) is 5.67. The minimum Gasteiger partial charge on any atom is -0.462 e. The maximum absolute atomic E-state index is 11.7. The summed E-state index contributed by atoms with van der Waals surface area (Å²) < 4.78 is 4.87. The van der Waals surface area contributed by atoms with Gasteiger partial charge in [0.2, 0.25) is 0 Å². The number of carbonyl (C=O) groups is 1. The Hall–Kier alpha value is -2.77. The highest BCUT2D eigenvalue weighted by atomic mass is 16.6. The zero-order valence-electron chi connectivity index (χ0n) is 10.5. The average molecular weight is 280 g/mol. The molecule has 20 heavy (non-hydrogen) atoms. The van der Waals surface area contributed by atoms with Crippen molar-refractivity contribution in [3.05, 3.63) is 56.6 Å². The number of allylic oxidation sites excluding steroid dienone is 1. The van der Waals surface area contributed by atoms with Crippen LogP contribution in [0.2, 0.25) is 0 Å². The number of esters is 1. The average Bonchev–Trinajstić information content (AvgIpc) is 2.42. The highest BCUT2D eigenvalue weighted by Gasteiger charge is 2.20. The molecule has 0 N–H and O–H groups in total. The topological polar surface area (TPSA) is 113 Å². The number of nitrogens with zero attached hydrogens (tertiary/aromatic N) is 2. The summed E-state index contributed by atoms with van der Waals surface area (Å²) in [7, 11) is 0. The van der Waals surface area contributed by atoms with Gasteiger partial charge in [0.25, 0.3) is 11.4 Å². The van der Waals surface area contributed by atoms with E-state index < -0.39 is 27.2 Å². The molecule has 1 rings (SSSR count). The second-order valence-electron chi connectivity index (χ2n) is 3.82. The number of carbonyl (C=O) groups excluding carboxylic acids is 1. The van der Waals surface area contributed by atoms with Gasteiger partial charge in [-0.2, -0.15) is 0 Å². The molecule has 0 unspecified atom stereocenters. The molecule has 0 aliphatic carbocycles. The van der Waals surface area contributed by atoms with E-state index in [1.165, 1.54) is 0 Å². The molecule has 106 valence electrons. The molecule has 0 radical (unpaired) electrons. The molecule has 0 heterocycles. The Bertz CT molecular complexity index is 523. The zero-order chi connectivity index (χ0) is 15.1. The molecule has 1 aromatic rings. The van der Waals surface area contributed by atoms with Crippen molar-refractivity contribution in [1.82, 2.24) is 0 Å². The van der Waals surface area contributed by atoms with Crippen LogP contribution in [0.25, 0.3) is 0 Å². The lowest BCUT2D eigenvalue weighted by Gasteiger charge is -2.04. The number of ether oxygens (including phenoxy) is 1. The Labute approximate surface area is 114 Å². The van der Waals surface area contributed by atoms with Gasteiger partial charge in [0, 0.05) is 12.1 Å². The van der Waals surface area contributed by atoms with Crippen LogP contribution in [0.1, 0.15) is 23.2 Å². The van der Waals surface area contributed by atoms with Crippen LogP contribution in [-0.4, -0.2) is 22.4 Å². The van der Waals surface area contributed by atoms with Gasteiger partial charge in [-0.05, 0) is 12.8 Å². The fraction of sp³-hybridized carbons (Fsp3) is 0.250. The highest BCUT2D eigenvalue weighted by Crippen LogP contribution is 2.23. The van der Waals surface area contributed by atoms with Gasteiger partial charge in [-0.15, -0.1) is 6.58 Å². The predicted molar refractivity (Wildman–Crippen MR) is 69.5 cm³/mol. The fourth-order valence-electron chi connectivity index (χ4n) is 1.40. The third kappa shape index (κ3) is 4.16. The second kappa shape index (κ2) is 6.98. The zero-order valence-corrected chi connectivity index (χ0v) is 10.5. The summed E-state index contributed by atoms with van der Waals surface area (Å²) in [5, 5.41) is 21.3. The first-order chi connectivity index (χ1) is 9.45. The molecule has 8 nitrogen and oxygen atoms in total. The van der Waals surface area contributed by atoms with E-state index in [4.69, 9.17) is 4.74 Å². The van der Waals surface area contributed by atoms with Crippen molar-refractivity contribution in [1.29, 1.82) is 0 Å². The Balaban J connectivity index is 2.92. The summed E-state index contributed by atoms with van der Waals surface area (Å²) in [5.74, 6) is -0.833. The minimum absolute atomic E-state index is 0.112. The van der Waals surface area contributed by atoms with E-state index in [-0.39, 0.29) is 12.2 Å². The Morgan fingerprint density at radius 2 is 1.75 bits per heavy atom. The molecule has 0 saturated heterocycles. The molecule has 8 heteroatoms. The maximum atomic E-state index is 11.7. The lowest BCUT2D eigenvalue weighted by Crippen LogP contribution is -2.07.